The summed E-state index contributed by atoms with van der Waals surface area (Å²) >= 11 is 0. The van der Waals surface area contributed by atoms with Gasteiger partial charge in [0.1, 0.15) is 0 Å². The van der Waals surface area contributed by atoms with Gasteiger partial charge >= 0.3 is 0 Å². The van der Waals surface area contributed by atoms with Gasteiger partial charge in [-0.15, -0.1) is 0 Å². The molecule has 2 heterocycles. The molecule has 0 aromatic heterocycles. The molecule has 2 aliphatic rings. The quantitative estimate of drug-likeness (QED) is 0.760. The molecule has 116 valence electrons. The molecule has 2 atom stereocenters. The Labute approximate surface area is 123 Å². The molecule has 2 unspecified atom stereocenters. The maximum absolute atomic E-state index is 12.6. The summed E-state index contributed by atoms with van der Waals surface area (Å²) in [6.45, 7) is 7.11. The zero-order chi connectivity index (χ0) is 14.6. The molecule has 2 N–H and O–H groups in total. The van der Waals surface area contributed by atoms with E-state index in [1.54, 1.807) is 0 Å². The third kappa shape index (κ3) is 3.51. The monoisotopic (exact) mass is 282 g/mol. The van der Waals surface area contributed by atoms with E-state index in [4.69, 9.17) is 0 Å². The topological polar surface area (TPSA) is 47.6 Å². The number of likely N-dealkylation sites (N-methyl/N-ethyl adjacent to an activating group) is 2. The molecule has 0 bridgehead atoms. The largest absolute Gasteiger partial charge is 0.353 e. The standard InChI is InChI=1S/C15H30N4O/c1-4-6-15(7-5-8-17-15)14(20)16-11-13-12-18(2)9-10-19(13)3/h13,17H,4-12H2,1-3H3,(H,16,20). The van der Waals surface area contributed by atoms with Crippen molar-refractivity contribution in [2.24, 2.45) is 0 Å². The van der Waals surface area contributed by atoms with E-state index in [1.165, 1.54) is 0 Å². The molecule has 0 aromatic rings. The van der Waals surface area contributed by atoms with E-state index in [1.807, 2.05) is 0 Å². The van der Waals surface area contributed by atoms with Gasteiger partial charge in [0, 0.05) is 32.2 Å². The summed E-state index contributed by atoms with van der Waals surface area (Å²) in [5.41, 5.74) is -0.298. The van der Waals surface area contributed by atoms with Crippen LogP contribution in [-0.2, 0) is 4.79 Å². The van der Waals surface area contributed by atoms with E-state index in [0.29, 0.717) is 6.04 Å². The van der Waals surface area contributed by atoms with Crippen molar-refractivity contribution in [1.29, 1.82) is 0 Å². The number of nitrogens with one attached hydrogen (secondary N) is 2. The molecule has 2 saturated heterocycles. The van der Waals surface area contributed by atoms with Crippen molar-refractivity contribution in [2.75, 3.05) is 46.8 Å². The van der Waals surface area contributed by atoms with Crippen molar-refractivity contribution in [1.82, 2.24) is 20.4 Å². The van der Waals surface area contributed by atoms with Crippen LogP contribution in [0.1, 0.15) is 32.6 Å². The maximum Gasteiger partial charge on any atom is 0.240 e. The van der Waals surface area contributed by atoms with Gasteiger partial charge in [0.2, 0.25) is 5.91 Å². The molecule has 5 heteroatoms. The van der Waals surface area contributed by atoms with Gasteiger partial charge in [-0.25, -0.2) is 0 Å². The first kappa shape index (κ1) is 15.7. The lowest BCUT2D eigenvalue weighted by molar-refractivity contribution is -0.127. The second-order valence-corrected chi connectivity index (χ2v) is 6.47. The molecule has 0 radical (unpaired) electrons. The molecular weight excluding hydrogens is 252 g/mol. The molecule has 0 aliphatic carbocycles. The average molecular weight is 282 g/mol. The second kappa shape index (κ2) is 6.87. The highest BCUT2D eigenvalue weighted by Gasteiger charge is 2.40. The van der Waals surface area contributed by atoms with Gasteiger partial charge in [0.15, 0.2) is 0 Å². The fourth-order valence-corrected chi connectivity index (χ4v) is 3.46. The smallest absolute Gasteiger partial charge is 0.240 e. The number of carbonyl (C=O) groups is 1. The zero-order valence-corrected chi connectivity index (χ0v) is 13.2. The average Bonchev–Trinajstić information content (AvgIpc) is 2.90. The van der Waals surface area contributed by atoms with Crippen molar-refractivity contribution >= 4 is 5.91 Å². The number of nitrogens with zero attached hydrogens (tertiary/aromatic N) is 2. The van der Waals surface area contributed by atoms with Gasteiger partial charge in [-0.1, -0.05) is 13.3 Å². The number of carbonyl (C=O) groups excluding carboxylic acids is 1. The number of rotatable bonds is 5. The highest BCUT2D eigenvalue weighted by molar-refractivity contribution is 5.86. The van der Waals surface area contributed by atoms with Crippen molar-refractivity contribution in [3.8, 4) is 0 Å². The summed E-state index contributed by atoms with van der Waals surface area (Å²) in [7, 11) is 4.30. The lowest BCUT2D eigenvalue weighted by atomic mass is 9.90. The van der Waals surface area contributed by atoms with Crippen LogP contribution in [0.15, 0.2) is 0 Å². The Balaban J connectivity index is 1.87. The first-order valence-corrected chi connectivity index (χ1v) is 7.99. The first-order chi connectivity index (χ1) is 9.57. The molecule has 0 spiro atoms. The number of amides is 1. The highest BCUT2D eigenvalue weighted by Crippen LogP contribution is 2.24. The normalized spacial score (nSPS) is 32.5. The van der Waals surface area contributed by atoms with Gasteiger partial charge in [-0.2, -0.15) is 0 Å². The van der Waals surface area contributed by atoms with Crippen LogP contribution < -0.4 is 10.6 Å². The van der Waals surface area contributed by atoms with E-state index >= 15 is 0 Å². The van der Waals surface area contributed by atoms with E-state index in [9.17, 15) is 4.79 Å². The van der Waals surface area contributed by atoms with Crippen LogP contribution in [0.3, 0.4) is 0 Å². The molecule has 2 rings (SSSR count). The zero-order valence-electron chi connectivity index (χ0n) is 13.2. The highest BCUT2D eigenvalue weighted by atomic mass is 16.2. The number of hydrogen-bond donors (Lipinski definition) is 2. The molecule has 0 saturated carbocycles. The van der Waals surface area contributed by atoms with Crippen LogP contribution in [0.5, 0.6) is 0 Å². The van der Waals surface area contributed by atoms with Gasteiger partial charge < -0.3 is 15.5 Å². The molecule has 1 amide bonds. The van der Waals surface area contributed by atoms with Crippen LogP contribution in [0.4, 0.5) is 0 Å². The summed E-state index contributed by atoms with van der Waals surface area (Å²) in [5.74, 6) is 0.207. The molecule has 20 heavy (non-hydrogen) atoms. The lowest BCUT2D eigenvalue weighted by Crippen LogP contribution is -2.58. The van der Waals surface area contributed by atoms with Crippen molar-refractivity contribution < 1.29 is 4.79 Å². The Kier molecular flexibility index (Phi) is 5.41. The van der Waals surface area contributed by atoms with Crippen LogP contribution in [0.2, 0.25) is 0 Å². The summed E-state index contributed by atoms with van der Waals surface area (Å²) in [6.07, 6.45) is 4.08. The molecule has 2 fully saturated rings. The van der Waals surface area contributed by atoms with Gasteiger partial charge in [-0.05, 0) is 39.9 Å². The minimum atomic E-state index is -0.298. The fraction of sp³-hybridized carbons (Fsp3) is 0.933. The van der Waals surface area contributed by atoms with Crippen molar-refractivity contribution in [2.45, 2.75) is 44.2 Å². The fourth-order valence-electron chi connectivity index (χ4n) is 3.46. The maximum atomic E-state index is 12.6. The van der Waals surface area contributed by atoms with Gasteiger partial charge in [0.25, 0.3) is 0 Å². The molecular formula is C15H30N4O. The Bertz CT molecular complexity index is 328. The number of hydrogen-bond acceptors (Lipinski definition) is 4. The third-order valence-corrected chi connectivity index (χ3v) is 4.83. The van der Waals surface area contributed by atoms with Crippen LogP contribution in [0.25, 0.3) is 0 Å². The third-order valence-electron chi connectivity index (χ3n) is 4.83. The molecule has 2 aliphatic heterocycles. The van der Waals surface area contributed by atoms with Crippen molar-refractivity contribution in [3.63, 3.8) is 0 Å². The predicted octanol–water partition coefficient (Wildman–Crippen LogP) is 0.271. The Morgan fingerprint density at radius 1 is 1.40 bits per heavy atom. The second-order valence-electron chi connectivity index (χ2n) is 6.47. The molecule has 0 aromatic carbocycles. The van der Waals surface area contributed by atoms with Crippen LogP contribution in [-0.4, -0.2) is 74.1 Å². The summed E-state index contributed by atoms with van der Waals surface area (Å²) in [5, 5.41) is 6.64. The predicted molar refractivity (Wildman–Crippen MR) is 81.8 cm³/mol. The van der Waals surface area contributed by atoms with E-state index < -0.39 is 0 Å². The molecule has 5 nitrogen and oxygen atoms in total. The Morgan fingerprint density at radius 3 is 2.85 bits per heavy atom. The van der Waals surface area contributed by atoms with E-state index in [0.717, 1.165) is 58.4 Å². The van der Waals surface area contributed by atoms with Crippen LogP contribution in [0, 0.1) is 0 Å². The van der Waals surface area contributed by atoms with Crippen molar-refractivity contribution in [3.05, 3.63) is 0 Å². The van der Waals surface area contributed by atoms with Gasteiger partial charge in [0.05, 0.1) is 5.54 Å². The lowest BCUT2D eigenvalue weighted by Gasteiger charge is -2.38. The minimum absolute atomic E-state index is 0.207. The minimum Gasteiger partial charge on any atom is -0.353 e. The van der Waals surface area contributed by atoms with Crippen LogP contribution >= 0.6 is 0 Å². The first-order valence-electron chi connectivity index (χ1n) is 7.99. The van der Waals surface area contributed by atoms with E-state index in [-0.39, 0.29) is 11.4 Å². The SMILES string of the molecule is CCCC1(C(=O)NCC2CN(C)CCN2C)CCCN1. The summed E-state index contributed by atoms with van der Waals surface area (Å²) < 4.78 is 0. The van der Waals surface area contributed by atoms with Gasteiger partial charge in [-0.3, -0.25) is 9.69 Å². The summed E-state index contributed by atoms with van der Waals surface area (Å²) in [4.78, 5) is 17.3. The Hall–Kier alpha value is -0.650. The Morgan fingerprint density at radius 2 is 2.20 bits per heavy atom. The summed E-state index contributed by atoms with van der Waals surface area (Å²) in [6, 6.07) is 0.428. The number of piperazine rings is 1. The van der Waals surface area contributed by atoms with E-state index in [2.05, 4.69) is 41.5 Å².